The molecule has 0 aliphatic heterocycles. The van der Waals surface area contributed by atoms with Crippen molar-refractivity contribution in [2.45, 2.75) is 102 Å². The van der Waals surface area contributed by atoms with Crippen LogP contribution in [-0.4, -0.2) is 35.7 Å². The summed E-state index contributed by atoms with van der Waals surface area (Å²) in [5, 5.41) is 12.7. The molecule has 236 valence electrons. The van der Waals surface area contributed by atoms with Gasteiger partial charge in [0, 0.05) is 35.3 Å². The van der Waals surface area contributed by atoms with Crippen molar-refractivity contribution < 1.29 is 19.2 Å². The molecule has 4 N–H and O–H groups in total. The van der Waals surface area contributed by atoms with Crippen LogP contribution in [0.3, 0.4) is 0 Å². The maximum Gasteiger partial charge on any atom is 0.253 e. The molecule has 3 fully saturated rings. The number of carbonyl (C=O) groups is 4. The number of benzene rings is 2. The molecule has 44 heavy (non-hydrogen) atoms. The molecule has 8 nitrogen and oxygen atoms in total. The fourth-order valence-electron chi connectivity index (χ4n) is 6.68. The smallest absolute Gasteiger partial charge is 0.253 e. The van der Waals surface area contributed by atoms with Gasteiger partial charge in [0.15, 0.2) is 0 Å². The van der Waals surface area contributed by atoms with Gasteiger partial charge in [0.05, 0.1) is 21.2 Å². The largest absolute Gasteiger partial charge is 0.349 e. The summed E-state index contributed by atoms with van der Waals surface area (Å²) in [6, 6.07) is 10.3. The first-order chi connectivity index (χ1) is 21.3. The number of rotatable bonds is 8. The van der Waals surface area contributed by atoms with E-state index in [4.69, 9.17) is 23.2 Å². The van der Waals surface area contributed by atoms with Crippen molar-refractivity contribution in [3.8, 4) is 0 Å². The second kappa shape index (κ2) is 15.3. The zero-order valence-electron chi connectivity index (χ0n) is 25.1. The fraction of sp³-hybridized carbons (Fsp3) is 0.529. The van der Waals surface area contributed by atoms with Gasteiger partial charge < -0.3 is 21.3 Å². The Labute approximate surface area is 269 Å². The SMILES string of the molecule is O=C(NC1CCCCC1)c1cc(NC(=O)C2CCC(C(=O)Nc3ccc(Cl)c(C(=O)NC4CCCCC4)c3)CC2)ccc1Cl. The van der Waals surface area contributed by atoms with Crippen molar-refractivity contribution in [3.05, 3.63) is 57.6 Å². The summed E-state index contributed by atoms with van der Waals surface area (Å²) in [6.45, 7) is 0. The molecule has 0 radical (unpaired) electrons. The highest BCUT2D eigenvalue weighted by Crippen LogP contribution is 2.32. The molecule has 3 aliphatic carbocycles. The molecule has 3 saturated carbocycles. The van der Waals surface area contributed by atoms with E-state index in [2.05, 4.69) is 21.3 Å². The van der Waals surface area contributed by atoms with Gasteiger partial charge in [0.2, 0.25) is 11.8 Å². The standard InChI is InChI=1S/C34H42Cl2N4O4/c35-29-17-15-25(19-27(29)33(43)37-23-7-3-1-4-8-23)39-31(41)21-11-13-22(14-12-21)32(42)40-26-16-18-30(36)28(20-26)34(44)38-24-9-5-2-6-10-24/h15-24H,1-14H2,(H,37,43)(H,38,44)(H,39,41)(H,40,42). The van der Waals surface area contributed by atoms with Gasteiger partial charge in [0.25, 0.3) is 11.8 Å². The lowest BCUT2D eigenvalue weighted by molar-refractivity contribution is -0.125. The van der Waals surface area contributed by atoms with Gasteiger partial charge in [-0.05, 0) is 87.8 Å². The molecular weight excluding hydrogens is 599 g/mol. The maximum atomic E-state index is 13.1. The second-order valence-corrected chi connectivity index (χ2v) is 13.3. The van der Waals surface area contributed by atoms with Gasteiger partial charge in [-0.3, -0.25) is 19.2 Å². The molecule has 0 heterocycles. The van der Waals surface area contributed by atoms with Crippen LogP contribution < -0.4 is 21.3 Å². The van der Waals surface area contributed by atoms with Crippen LogP contribution in [0.1, 0.15) is 111 Å². The highest BCUT2D eigenvalue weighted by Gasteiger charge is 2.30. The Morgan fingerprint density at radius 1 is 0.523 bits per heavy atom. The van der Waals surface area contributed by atoms with Crippen LogP contribution in [0.4, 0.5) is 11.4 Å². The van der Waals surface area contributed by atoms with E-state index in [-0.39, 0.29) is 47.5 Å². The average Bonchev–Trinajstić information content (AvgIpc) is 3.03. The zero-order valence-corrected chi connectivity index (χ0v) is 26.6. The molecule has 0 aromatic heterocycles. The minimum atomic E-state index is -0.236. The predicted molar refractivity (Wildman–Crippen MR) is 174 cm³/mol. The third-order valence-electron chi connectivity index (χ3n) is 9.31. The lowest BCUT2D eigenvalue weighted by atomic mass is 9.81. The van der Waals surface area contributed by atoms with E-state index in [1.807, 2.05) is 0 Å². The van der Waals surface area contributed by atoms with Crippen molar-refractivity contribution in [2.24, 2.45) is 11.8 Å². The van der Waals surface area contributed by atoms with Crippen LogP contribution in [0.15, 0.2) is 36.4 Å². The molecule has 0 bridgehead atoms. The van der Waals surface area contributed by atoms with Gasteiger partial charge in [0.1, 0.15) is 0 Å². The minimum Gasteiger partial charge on any atom is -0.349 e. The monoisotopic (exact) mass is 640 g/mol. The number of hydrogen-bond donors (Lipinski definition) is 4. The molecule has 2 aromatic carbocycles. The maximum absolute atomic E-state index is 13.1. The lowest BCUT2D eigenvalue weighted by Gasteiger charge is -2.27. The van der Waals surface area contributed by atoms with Crippen LogP contribution in [0, 0.1) is 11.8 Å². The third-order valence-corrected chi connectivity index (χ3v) is 9.97. The minimum absolute atomic E-state index is 0.129. The van der Waals surface area contributed by atoms with E-state index in [1.54, 1.807) is 36.4 Å². The van der Waals surface area contributed by atoms with Crippen molar-refractivity contribution >= 4 is 58.2 Å². The number of carbonyl (C=O) groups excluding carboxylic acids is 4. The first-order valence-corrected chi connectivity index (χ1v) is 16.8. The molecule has 5 rings (SSSR count). The van der Waals surface area contributed by atoms with Crippen LogP contribution in [0.25, 0.3) is 0 Å². The van der Waals surface area contributed by atoms with Gasteiger partial charge in [-0.2, -0.15) is 0 Å². The van der Waals surface area contributed by atoms with Crippen molar-refractivity contribution in [2.75, 3.05) is 10.6 Å². The Morgan fingerprint density at radius 3 is 1.25 bits per heavy atom. The summed E-state index contributed by atoms with van der Waals surface area (Å²) in [5.74, 6) is -1.17. The number of hydrogen-bond acceptors (Lipinski definition) is 4. The zero-order chi connectivity index (χ0) is 31.1. The average molecular weight is 642 g/mol. The Morgan fingerprint density at radius 2 is 0.886 bits per heavy atom. The van der Waals surface area contributed by atoms with Crippen molar-refractivity contribution in [3.63, 3.8) is 0 Å². The van der Waals surface area contributed by atoms with Gasteiger partial charge in [-0.1, -0.05) is 61.7 Å². The topological polar surface area (TPSA) is 116 Å². The molecule has 0 atom stereocenters. The van der Waals surface area contributed by atoms with Gasteiger partial charge >= 0.3 is 0 Å². The number of nitrogens with one attached hydrogen (secondary N) is 4. The highest BCUT2D eigenvalue weighted by molar-refractivity contribution is 6.34. The molecule has 2 aromatic rings. The predicted octanol–water partition coefficient (Wildman–Crippen LogP) is 7.50. The van der Waals surface area contributed by atoms with E-state index in [9.17, 15) is 19.2 Å². The van der Waals surface area contributed by atoms with Gasteiger partial charge in [-0.15, -0.1) is 0 Å². The summed E-state index contributed by atoms with van der Waals surface area (Å²) >= 11 is 12.7. The van der Waals surface area contributed by atoms with Crippen molar-refractivity contribution in [1.29, 1.82) is 0 Å². The van der Waals surface area contributed by atoms with E-state index >= 15 is 0 Å². The van der Waals surface area contributed by atoms with Crippen LogP contribution in [0.5, 0.6) is 0 Å². The molecule has 0 saturated heterocycles. The van der Waals surface area contributed by atoms with Crippen LogP contribution in [0.2, 0.25) is 10.0 Å². The normalized spacial score (nSPS) is 21.2. The Bertz CT molecular complexity index is 1260. The third kappa shape index (κ3) is 8.54. The Hall–Kier alpha value is -3.10. The molecular formula is C34H42Cl2N4O4. The molecule has 10 heteroatoms. The summed E-state index contributed by atoms with van der Waals surface area (Å²) in [4.78, 5) is 52.0. The molecule has 4 amide bonds. The summed E-state index contributed by atoms with van der Waals surface area (Å²) < 4.78 is 0. The fourth-order valence-corrected chi connectivity index (χ4v) is 7.09. The lowest BCUT2D eigenvalue weighted by Crippen LogP contribution is -2.36. The summed E-state index contributed by atoms with van der Waals surface area (Å²) in [6.07, 6.45) is 13.0. The second-order valence-electron chi connectivity index (χ2n) is 12.5. The van der Waals surface area contributed by atoms with Gasteiger partial charge in [-0.25, -0.2) is 0 Å². The molecule has 0 unspecified atom stereocenters. The summed E-state index contributed by atoms with van der Waals surface area (Å²) in [5.41, 5.74) is 1.76. The highest BCUT2D eigenvalue weighted by atomic mass is 35.5. The number of halogens is 2. The quantitative estimate of drug-likeness (QED) is 0.239. The molecule has 0 spiro atoms. The van der Waals surface area contributed by atoms with Crippen molar-refractivity contribution in [1.82, 2.24) is 10.6 Å². The Kier molecular flexibility index (Phi) is 11.2. The summed E-state index contributed by atoms with van der Waals surface area (Å²) in [7, 11) is 0. The van der Waals surface area contributed by atoms with E-state index in [0.717, 1.165) is 51.4 Å². The Balaban J connectivity index is 1.11. The van der Waals surface area contributed by atoms with E-state index in [0.29, 0.717) is 58.2 Å². The van der Waals surface area contributed by atoms with Crippen LogP contribution >= 0.6 is 23.2 Å². The van der Waals surface area contributed by atoms with E-state index < -0.39 is 0 Å². The molecule has 3 aliphatic rings. The first-order valence-electron chi connectivity index (χ1n) is 16.1. The van der Waals surface area contributed by atoms with Crippen LogP contribution in [-0.2, 0) is 9.59 Å². The number of anilines is 2. The number of amides is 4. The first kappa shape index (κ1) is 32.3. The van der Waals surface area contributed by atoms with E-state index in [1.165, 1.54) is 12.8 Å².